The van der Waals surface area contributed by atoms with E-state index in [4.69, 9.17) is 0 Å². The third kappa shape index (κ3) is 4.61. The monoisotopic (exact) mass is 298 g/mol. The van der Waals surface area contributed by atoms with Crippen LogP contribution in [0.15, 0.2) is 30.3 Å². The molecule has 0 fully saturated rings. The third-order valence-electron chi connectivity index (χ3n) is 3.08. The van der Waals surface area contributed by atoms with Gasteiger partial charge in [0.1, 0.15) is 6.04 Å². The van der Waals surface area contributed by atoms with Gasteiger partial charge in [-0.15, -0.1) is 0 Å². The molecular weight excluding hydrogens is 276 g/mol. The molecule has 6 heteroatoms. The molecule has 0 aromatic heterocycles. The molecule has 0 saturated heterocycles. The average molecular weight is 298 g/mol. The van der Waals surface area contributed by atoms with Crippen LogP contribution in [0, 0.1) is 0 Å². The molecule has 5 nitrogen and oxygen atoms in total. The van der Waals surface area contributed by atoms with Gasteiger partial charge in [0.15, 0.2) is 0 Å². The summed E-state index contributed by atoms with van der Waals surface area (Å²) in [6.45, 7) is 2.58. The molecule has 112 valence electrons. The number of benzene rings is 1. The quantitative estimate of drug-likeness (QED) is 0.776. The molecule has 20 heavy (non-hydrogen) atoms. The number of rotatable bonds is 7. The van der Waals surface area contributed by atoms with Gasteiger partial charge < -0.3 is 5.32 Å². The summed E-state index contributed by atoms with van der Waals surface area (Å²) in [5.74, 6) is -0.294. The number of hydrogen-bond donors (Lipinski definition) is 1. The zero-order valence-electron chi connectivity index (χ0n) is 12.2. The Morgan fingerprint density at radius 2 is 1.90 bits per heavy atom. The van der Waals surface area contributed by atoms with Crippen molar-refractivity contribution in [2.24, 2.45) is 0 Å². The molecule has 0 aliphatic rings. The maximum Gasteiger partial charge on any atom is 0.242 e. The lowest BCUT2D eigenvalue weighted by Crippen LogP contribution is -2.41. The van der Waals surface area contributed by atoms with E-state index in [0.717, 1.165) is 23.4 Å². The highest BCUT2D eigenvalue weighted by atomic mass is 32.2. The number of hydrogen-bond acceptors (Lipinski definition) is 3. The smallest absolute Gasteiger partial charge is 0.242 e. The van der Waals surface area contributed by atoms with Crippen molar-refractivity contribution >= 4 is 15.9 Å². The number of unbranched alkanes of at least 4 members (excludes halogenated alkanes) is 1. The van der Waals surface area contributed by atoms with E-state index in [0.29, 0.717) is 12.1 Å². The highest BCUT2D eigenvalue weighted by Crippen LogP contribution is 2.21. The molecule has 0 bridgehead atoms. The second-order valence-electron chi connectivity index (χ2n) is 4.74. The lowest BCUT2D eigenvalue weighted by Gasteiger charge is -2.25. The van der Waals surface area contributed by atoms with Crippen molar-refractivity contribution in [2.45, 2.75) is 25.8 Å². The van der Waals surface area contributed by atoms with Gasteiger partial charge in [0.05, 0.1) is 6.26 Å². The van der Waals surface area contributed by atoms with E-state index in [1.54, 1.807) is 24.3 Å². The Kier molecular flexibility index (Phi) is 6.16. The summed E-state index contributed by atoms with van der Waals surface area (Å²) in [4.78, 5) is 12.3. The lowest BCUT2D eigenvalue weighted by atomic mass is 10.1. The standard InChI is InChI=1S/C14H22N2O3S/c1-4-5-11-15-14(17)13(16(2)20(3,18)19)12-9-7-6-8-10-12/h6-10,13H,4-5,11H2,1-3H3,(H,15,17)/t13-/m1/s1. The van der Waals surface area contributed by atoms with Crippen LogP contribution in [-0.4, -0.2) is 38.5 Å². The first-order chi connectivity index (χ1) is 9.38. The van der Waals surface area contributed by atoms with Crippen LogP contribution < -0.4 is 5.32 Å². The van der Waals surface area contributed by atoms with E-state index >= 15 is 0 Å². The molecule has 1 aromatic rings. The molecule has 0 heterocycles. The van der Waals surface area contributed by atoms with Gasteiger partial charge in [-0.25, -0.2) is 8.42 Å². The maximum atomic E-state index is 12.3. The summed E-state index contributed by atoms with van der Waals surface area (Å²) >= 11 is 0. The Labute approximate surface area is 121 Å². The first-order valence-corrected chi connectivity index (χ1v) is 8.48. The normalized spacial score (nSPS) is 13.2. The van der Waals surface area contributed by atoms with Crippen molar-refractivity contribution < 1.29 is 13.2 Å². The SMILES string of the molecule is CCCCNC(=O)[C@@H](c1ccccc1)N(C)S(C)(=O)=O. The Morgan fingerprint density at radius 3 is 2.40 bits per heavy atom. The summed E-state index contributed by atoms with van der Waals surface area (Å²) in [6, 6.07) is 8.09. The van der Waals surface area contributed by atoms with Crippen molar-refractivity contribution in [3.05, 3.63) is 35.9 Å². The number of nitrogens with one attached hydrogen (secondary N) is 1. The fraction of sp³-hybridized carbons (Fsp3) is 0.500. The van der Waals surface area contributed by atoms with Crippen LogP contribution in [-0.2, 0) is 14.8 Å². The van der Waals surface area contributed by atoms with E-state index in [-0.39, 0.29) is 5.91 Å². The van der Waals surface area contributed by atoms with Crippen molar-refractivity contribution in [2.75, 3.05) is 19.8 Å². The average Bonchev–Trinajstić information content (AvgIpc) is 2.39. The molecule has 1 aromatic carbocycles. The van der Waals surface area contributed by atoms with E-state index in [1.165, 1.54) is 7.05 Å². The molecule has 1 atom stereocenters. The van der Waals surface area contributed by atoms with Gasteiger partial charge in [0.2, 0.25) is 15.9 Å². The molecule has 0 unspecified atom stereocenters. The zero-order chi connectivity index (χ0) is 15.2. The highest BCUT2D eigenvalue weighted by Gasteiger charge is 2.30. The van der Waals surface area contributed by atoms with Crippen LogP contribution in [0.4, 0.5) is 0 Å². The summed E-state index contributed by atoms with van der Waals surface area (Å²) in [6.07, 6.45) is 2.94. The number of nitrogens with zero attached hydrogens (tertiary/aromatic N) is 1. The number of amides is 1. The maximum absolute atomic E-state index is 12.3. The predicted molar refractivity (Wildman–Crippen MR) is 79.7 cm³/mol. The first-order valence-electron chi connectivity index (χ1n) is 6.63. The van der Waals surface area contributed by atoms with Gasteiger partial charge >= 0.3 is 0 Å². The van der Waals surface area contributed by atoms with Crippen molar-refractivity contribution in [1.82, 2.24) is 9.62 Å². The molecular formula is C14H22N2O3S. The van der Waals surface area contributed by atoms with E-state index in [1.807, 2.05) is 13.0 Å². The largest absolute Gasteiger partial charge is 0.354 e. The topological polar surface area (TPSA) is 66.5 Å². The number of carbonyl (C=O) groups is 1. The van der Waals surface area contributed by atoms with Gasteiger partial charge in [-0.3, -0.25) is 4.79 Å². The van der Waals surface area contributed by atoms with Gasteiger partial charge in [-0.1, -0.05) is 43.7 Å². The van der Waals surface area contributed by atoms with Crippen LogP contribution in [0.1, 0.15) is 31.4 Å². The first kappa shape index (κ1) is 16.7. The van der Waals surface area contributed by atoms with Crippen molar-refractivity contribution in [3.63, 3.8) is 0 Å². The van der Waals surface area contributed by atoms with Crippen LogP contribution in [0.25, 0.3) is 0 Å². The van der Waals surface area contributed by atoms with Gasteiger partial charge in [0.25, 0.3) is 0 Å². The fourth-order valence-electron chi connectivity index (χ4n) is 1.84. The van der Waals surface area contributed by atoms with Gasteiger partial charge in [-0.05, 0) is 12.0 Å². The van der Waals surface area contributed by atoms with Gasteiger partial charge in [-0.2, -0.15) is 4.31 Å². The highest BCUT2D eigenvalue weighted by molar-refractivity contribution is 7.88. The minimum atomic E-state index is -3.45. The van der Waals surface area contributed by atoms with Crippen LogP contribution >= 0.6 is 0 Å². The Hall–Kier alpha value is -1.40. The van der Waals surface area contributed by atoms with E-state index in [9.17, 15) is 13.2 Å². The number of sulfonamides is 1. The van der Waals surface area contributed by atoms with Crippen molar-refractivity contribution in [3.8, 4) is 0 Å². The molecule has 0 spiro atoms. The Balaban J connectivity index is 2.99. The molecule has 1 amide bonds. The van der Waals surface area contributed by atoms with Gasteiger partial charge in [0, 0.05) is 13.6 Å². The molecule has 0 aliphatic carbocycles. The summed E-state index contributed by atoms with van der Waals surface area (Å²) in [5, 5.41) is 2.79. The third-order valence-corrected chi connectivity index (χ3v) is 4.34. The Morgan fingerprint density at radius 1 is 1.30 bits per heavy atom. The minimum absolute atomic E-state index is 0.294. The molecule has 0 radical (unpaired) electrons. The predicted octanol–water partition coefficient (Wildman–Crippen LogP) is 1.54. The zero-order valence-corrected chi connectivity index (χ0v) is 13.0. The Bertz CT molecular complexity index is 529. The van der Waals surface area contributed by atoms with Crippen LogP contribution in [0.3, 0.4) is 0 Å². The minimum Gasteiger partial charge on any atom is -0.354 e. The van der Waals surface area contributed by atoms with E-state index < -0.39 is 16.1 Å². The fourth-order valence-corrected chi connectivity index (χ4v) is 2.44. The lowest BCUT2D eigenvalue weighted by molar-refractivity contribution is -0.124. The van der Waals surface area contributed by atoms with Crippen molar-refractivity contribution in [1.29, 1.82) is 0 Å². The second-order valence-corrected chi connectivity index (χ2v) is 6.78. The molecule has 1 rings (SSSR count). The van der Waals surface area contributed by atoms with Crippen LogP contribution in [0.2, 0.25) is 0 Å². The second kappa shape index (κ2) is 7.40. The van der Waals surface area contributed by atoms with E-state index in [2.05, 4.69) is 5.32 Å². The molecule has 0 saturated carbocycles. The van der Waals surface area contributed by atoms with Crippen LogP contribution in [0.5, 0.6) is 0 Å². The summed E-state index contributed by atoms with van der Waals surface area (Å²) in [7, 11) is -2.03. The molecule has 1 N–H and O–H groups in total. The summed E-state index contributed by atoms with van der Waals surface area (Å²) in [5.41, 5.74) is 0.662. The molecule has 0 aliphatic heterocycles. The number of carbonyl (C=O) groups excluding carboxylic acids is 1. The summed E-state index contributed by atoms with van der Waals surface area (Å²) < 4.78 is 24.6. The number of likely N-dealkylation sites (N-methyl/N-ethyl adjacent to an activating group) is 1.